The summed E-state index contributed by atoms with van der Waals surface area (Å²) < 4.78 is 0. The Labute approximate surface area is 182 Å². The normalized spacial score (nSPS) is 19.3. The number of fused-ring (bicyclic) bond motifs is 1. The molecule has 0 saturated carbocycles. The van der Waals surface area contributed by atoms with Crippen molar-refractivity contribution >= 4 is 17.7 Å². The van der Waals surface area contributed by atoms with E-state index in [-0.39, 0.29) is 30.2 Å². The highest BCUT2D eigenvalue weighted by Gasteiger charge is 2.39. The van der Waals surface area contributed by atoms with Crippen molar-refractivity contribution in [1.29, 1.82) is 0 Å². The van der Waals surface area contributed by atoms with Gasteiger partial charge >= 0.3 is 0 Å². The Bertz CT molecular complexity index is 976. The summed E-state index contributed by atoms with van der Waals surface area (Å²) in [4.78, 5) is 38.2. The number of piperidine rings is 1. The summed E-state index contributed by atoms with van der Waals surface area (Å²) in [5, 5.41) is 5.94. The summed E-state index contributed by atoms with van der Waals surface area (Å²) >= 11 is 0. The number of carbonyl (C=O) groups excluding carboxylic acids is 3. The minimum atomic E-state index is -0.585. The Balaban J connectivity index is 1.45. The first-order valence-electron chi connectivity index (χ1n) is 10.8. The number of nitrogens with one attached hydrogen (secondary N) is 2. The maximum atomic E-state index is 13.0. The van der Waals surface area contributed by atoms with Gasteiger partial charge in [-0.05, 0) is 48.6 Å². The van der Waals surface area contributed by atoms with Crippen LogP contribution in [0, 0.1) is 0 Å². The van der Waals surface area contributed by atoms with Crippen LogP contribution in [0.3, 0.4) is 0 Å². The number of hydrogen-bond donors (Lipinski definition) is 3. The monoisotopic (exact) mass is 420 g/mol. The molecule has 31 heavy (non-hydrogen) atoms. The number of nitrogens with zero attached hydrogens (tertiary/aromatic N) is 1. The molecule has 2 aliphatic rings. The van der Waals surface area contributed by atoms with Crippen molar-refractivity contribution in [3.05, 3.63) is 70.8 Å². The van der Waals surface area contributed by atoms with E-state index >= 15 is 0 Å². The van der Waals surface area contributed by atoms with Gasteiger partial charge in [0.15, 0.2) is 0 Å². The van der Waals surface area contributed by atoms with Crippen LogP contribution in [-0.2, 0) is 22.7 Å². The predicted octanol–water partition coefficient (Wildman–Crippen LogP) is 2.02. The highest BCUT2D eigenvalue weighted by molar-refractivity contribution is 6.05. The van der Waals surface area contributed by atoms with Crippen LogP contribution in [0.5, 0.6) is 0 Å². The van der Waals surface area contributed by atoms with E-state index in [9.17, 15) is 14.4 Å². The van der Waals surface area contributed by atoms with Gasteiger partial charge in [-0.2, -0.15) is 0 Å². The molecule has 7 heteroatoms. The first kappa shape index (κ1) is 21.2. The maximum Gasteiger partial charge on any atom is 0.255 e. The molecule has 1 saturated heterocycles. The van der Waals surface area contributed by atoms with Crippen LogP contribution in [0.1, 0.15) is 58.8 Å². The molecule has 2 atom stereocenters. The van der Waals surface area contributed by atoms with Gasteiger partial charge in [0.1, 0.15) is 6.04 Å². The van der Waals surface area contributed by atoms with Crippen LogP contribution in [0.4, 0.5) is 0 Å². The molecule has 4 rings (SSSR count). The molecule has 3 amide bonds. The minimum Gasteiger partial charge on any atom is -0.330 e. The summed E-state index contributed by atoms with van der Waals surface area (Å²) in [7, 11) is 0. The van der Waals surface area contributed by atoms with E-state index in [4.69, 9.17) is 5.73 Å². The number of hydrogen-bond acceptors (Lipinski definition) is 5. The van der Waals surface area contributed by atoms with Crippen molar-refractivity contribution in [3.63, 3.8) is 0 Å². The van der Waals surface area contributed by atoms with E-state index in [0.717, 1.165) is 24.0 Å². The standard InChI is InChI=1S/C24H28N4O3/c25-12-4-7-20(17-5-2-1-3-6-17)26-14-16-8-9-18-15-28(24(31)19(18)13-16)21-10-11-22(29)27-23(21)30/h1-3,5-6,8-9,13,20-21,26H,4,7,10-12,14-15,25H2,(H,27,29,30). The van der Waals surface area contributed by atoms with Crippen LogP contribution in [0.25, 0.3) is 0 Å². The maximum absolute atomic E-state index is 13.0. The minimum absolute atomic E-state index is 0.144. The zero-order chi connectivity index (χ0) is 21.8. The van der Waals surface area contributed by atoms with Crippen molar-refractivity contribution in [2.45, 2.75) is 50.9 Å². The van der Waals surface area contributed by atoms with Gasteiger partial charge < -0.3 is 16.0 Å². The van der Waals surface area contributed by atoms with E-state index in [1.54, 1.807) is 4.90 Å². The quantitative estimate of drug-likeness (QED) is 0.567. The van der Waals surface area contributed by atoms with Gasteiger partial charge in [-0.25, -0.2) is 0 Å². The van der Waals surface area contributed by atoms with Crippen molar-refractivity contribution in [2.75, 3.05) is 6.54 Å². The summed E-state index contributed by atoms with van der Waals surface area (Å²) in [6, 6.07) is 15.8. The zero-order valence-electron chi connectivity index (χ0n) is 17.5. The number of nitrogens with two attached hydrogens (primary N) is 1. The summed E-state index contributed by atoms with van der Waals surface area (Å²) in [6.45, 7) is 1.68. The first-order valence-corrected chi connectivity index (χ1v) is 10.8. The Morgan fingerprint density at radius 3 is 2.68 bits per heavy atom. The average molecular weight is 421 g/mol. The predicted molar refractivity (Wildman–Crippen MR) is 117 cm³/mol. The fourth-order valence-electron chi connectivity index (χ4n) is 4.35. The highest BCUT2D eigenvalue weighted by atomic mass is 16.2. The van der Waals surface area contributed by atoms with Gasteiger partial charge in [0.2, 0.25) is 11.8 Å². The summed E-state index contributed by atoms with van der Waals surface area (Å²) in [5.74, 6) is -0.805. The second-order valence-corrected chi connectivity index (χ2v) is 8.17. The van der Waals surface area contributed by atoms with E-state index in [1.807, 2.05) is 36.4 Å². The Hall–Kier alpha value is -3.03. The first-order chi connectivity index (χ1) is 15.1. The summed E-state index contributed by atoms with van der Waals surface area (Å²) in [5.41, 5.74) is 9.51. The zero-order valence-corrected chi connectivity index (χ0v) is 17.5. The van der Waals surface area contributed by atoms with Crippen molar-refractivity contribution in [2.24, 2.45) is 5.73 Å². The number of carbonyl (C=O) groups is 3. The van der Waals surface area contributed by atoms with Crippen molar-refractivity contribution in [1.82, 2.24) is 15.5 Å². The van der Waals surface area contributed by atoms with Crippen LogP contribution in [0.15, 0.2) is 48.5 Å². The van der Waals surface area contributed by atoms with Gasteiger partial charge in [0, 0.05) is 31.1 Å². The number of amides is 3. The largest absolute Gasteiger partial charge is 0.330 e. The fraction of sp³-hybridized carbons (Fsp3) is 0.375. The van der Waals surface area contributed by atoms with Crippen molar-refractivity contribution < 1.29 is 14.4 Å². The highest BCUT2D eigenvalue weighted by Crippen LogP contribution is 2.28. The molecule has 1 fully saturated rings. The fourth-order valence-corrected chi connectivity index (χ4v) is 4.35. The van der Waals surface area contributed by atoms with E-state index in [0.29, 0.717) is 31.6 Å². The molecule has 0 bridgehead atoms. The second-order valence-electron chi connectivity index (χ2n) is 8.17. The van der Waals surface area contributed by atoms with Gasteiger partial charge in [0.05, 0.1) is 0 Å². The molecular formula is C24H28N4O3. The van der Waals surface area contributed by atoms with Crippen LogP contribution < -0.4 is 16.4 Å². The molecule has 7 nitrogen and oxygen atoms in total. The lowest BCUT2D eigenvalue weighted by atomic mass is 10.0. The lowest BCUT2D eigenvalue weighted by Gasteiger charge is -2.29. The topological polar surface area (TPSA) is 105 Å². The van der Waals surface area contributed by atoms with Gasteiger partial charge in [-0.1, -0.05) is 42.5 Å². The molecule has 2 aromatic carbocycles. The average Bonchev–Trinajstić information content (AvgIpc) is 3.10. The Morgan fingerprint density at radius 1 is 1.13 bits per heavy atom. The van der Waals surface area contributed by atoms with Crippen molar-refractivity contribution in [3.8, 4) is 0 Å². The van der Waals surface area contributed by atoms with Crippen LogP contribution >= 0.6 is 0 Å². The van der Waals surface area contributed by atoms with E-state index < -0.39 is 6.04 Å². The molecule has 0 aliphatic carbocycles. The molecule has 4 N–H and O–H groups in total. The third-order valence-corrected chi connectivity index (χ3v) is 6.04. The lowest BCUT2D eigenvalue weighted by molar-refractivity contribution is -0.136. The Morgan fingerprint density at radius 2 is 1.94 bits per heavy atom. The molecule has 2 heterocycles. The molecule has 2 aliphatic heterocycles. The number of imide groups is 1. The lowest BCUT2D eigenvalue weighted by Crippen LogP contribution is -2.52. The Kier molecular flexibility index (Phi) is 6.44. The van der Waals surface area contributed by atoms with E-state index in [2.05, 4.69) is 22.8 Å². The third kappa shape index (κ3) is 4.68. The number of rotatable bonds is 8. The van der Waals surface area contributed by atoms with Gasteiger partial charge in [-0.15, -0.1) is 0 Å². The number of benzene rings is 2. The smallest absolute Gasteiger partial charge is 0.255 e. The third-order valence-electron chi connectivity index (χ3n) is 6.04. The molecule has 2 aromatic rings. The van der Waals surface area contributed by atoms with Crippen LogP contribution in [0.2, 0.25) is 0 Å². The molecular weight excluding hydrogens is 392 g/mol. The molecule has 0 aromatic heterocycles. The van der Waals surface area contributed by atoms with Crippen LogP contribution in [-0.4, -0.2) is 35.2 Å². The van der Waals surface area contributed by atoms with Gasteiger partial charge in [0.25, 0.3) is 5.91 Å². The molecule has 0 radical (unpaired) electrons. The van der Waals surface area contributed by atoms with Gasteiger partial charge in [-0.3, -0.25) is 19.7 Å². The SMILES string of the molecule is NCCCC(NCc1ccc2c(c1)C(=O)N(C1CCC(=O)NC1=O)C2)c1ccccc1. The molecule has 2 unspecified atom stereocenters. The molecule has 162 valence electrons. The second kappa shape index (κ2) is 9.41. The molecule has 0 spiro atoms. The summed E-state index contributed by atoms with van der Waals surface area (Å²) in [6.07, 6.45) is 2.50. The van der Waals surface area contributed by atoms with E-state index in [1.165, 1.54) is 5.56 Å².